The Hall–Kier alpha value is -1.85. The van der Waals surface area contributed by atoms with Crippen molar-refractivity contribution in [1.82, 2.24) is 14.7 Å². The van der Waals surface area contributed by atoms with E-state index in [0.29, 0.717) is 17.8 Å². The lowest BCUT2D eigenvalue weighted by Crippen LogP contribution is -2.36. The van der Waals surface area contributed by atoms with Crippen LogP contribution in [0, 0.1) is 13.8 Å². The predicted octanol–water partition coefficient (Wildman–Crippen LogP) is 1.85. The highest BCUT2D eigenvalue weighted by Crippen LogP contribution is 2.16. The van der Waals surface area contributed by atoms with E-state index < -0.39 is 5.97 Å². The van der Waals surface area contributed by atoms with Crippen LogP contribution in [0.4, 0.5) is 0 Å². The molecular formula is C14H23N3O3. The van der Waals surface area contributed by atoms with Gasteiger partial charge >= 0.3 is 5.97 Å². The number of aliphatic carboxylic acids is 1. The van der Waals surface area contributed by atoms with Crippen LogP contribution in [0.15, 0.2) is 0 Å². The molecule has 0 atom stereocenters. The zero-order valence-electron chi connectivity index (χ0n) is 12.6. The third-order valence-electron chi connectivity index (χ3n) is 3.14. The zero-order valence-corrected chi connectivity index (χ0v) is 12.6. The Morgan fingerprint density at radius 3 is 2.40 bits per heavy atom. The van der Waals surface area contributed by atoms with Crippen molar-refractivity contribution in [3.8, 4) is 0 Å². The van der Waals surface area contributed by atoms with Gasteiger partial charge in [0.2, 0.25) is 0 Å². The molecule has 0 fully saturated rings. The summed E-state index contributed by atoms with van der Waals surface area (Å²) in [5, 5.41) is 13.3. The van der Waals surface area contributed by atoms with Crippen LogP contribution in [0.3, 0.4) is 0 Å². The summed E-state index contributed by atoms with van der Waals surface area (Å²) in [5.74, 6) is -1.24. The lowest BCUT2D eigenvalue weighted by Gasteiger charge is -2.20. The Bertz CT molecular complexity index is 494. The van der Waals surface area contributed by atoms with Gasteiger partial charge in [-0.2, -0.15) is 5.10 Å². The molecule has 1 rings (SSSR count). The maximum absolute atomic E-state index is 12.5. The number of aromatic nitrogens is 2. The van der Waals surface area contributed by atoms with Gasteiger partial charge in [0.1, 0.15) is 6.54 Å². The van der Waals surface area contributed by atoms with Crippen molar-refractivity contribution in [3.05, 3.63) is 17.0 Å². The second-order valence-corrected chi connectivity index (χ2v) is 4.89. The summed E-state index contributed by atoms with van der Waals surface area (Å²) in [5.41, 5.74) is 2.00. The molecule has 0 aliphatic heterocycles. The summed E-state index contributed by atoms with van der Waals surface area (Å²) in [6.07, 6.45) is 1.66. The summed E-state index contributed by atoms with van der Waals surface area (Å²) in [6.45, 7) is 8.53. The molecule has 1 aromatic rings. The molecule has 6 nitrogen and oxygen atoms in total. The Morgan fingerprint density at radius 2 is 1.90 bits per heavy atom. The molecule has 0 saturated carbocycles. The number of carboxylic acid groups (broad SMARTS) is 1. The van der Waals surface area contributed by atoms with Gasteiger partial charge in [0.25, 0.3) is 5.91 Å². The van der Waals surface area contributed by atoms with Crippen molar-refractivity contribution in [2.75, 3.05) is 13.1 Å². The minimum absolute atomic E-state index is 0.244. The first-order valence-electron chi connectivity index (χ1n) is 6.97. The minimum Gasteiger partial charge on any atom is -0.480 e. The summed E-state index contributed by atoms with van der Waals surface area (Å²) >= 11 is 0. The zero-order chi connectivity index (χ0) is 15.3. The normalized spacial score (nSPS) is 10.6. The van der Waals surface area contributed by atoms with E-state index in [0.717, 1.165) is 25.1 Å². The number of carbonyl (C=O) groups excluding carboxylic acids is 1. The molecule has 1 aromatic heterocycles. The van der Waals surface area contributed by atoms with Gasteiger partial charge in [0.15, 0.2) is 0 Å². The maximum atomic E-state index is 12.5. The van der Waals surface area contributed by atoms with Crippen LogP contribution < -0.4 is 0 Å². The molecule has 0 aliphatic carbocycles. The van der Waals surface area contributed by atoms with Crippen LogP contribution >= 0.6 is 0 Å². The van der Waals surface area contributed by atoms with Gasteiger partial charge in [-0.25, -0.2) is 0 Å². The van der Waals surface area contributed by atoms with E-state index in [9.17, 15) is 9.59 Å². The molecule has 0 bridgehead atoms. The Labute approximate surface area is 119 Å². The largest absolute Gasteiger partial charge is 0.480 e. The number of carbonyl (C=O) groups is 2. The van der Waals surface area contributed by atoms with Crippen molar-refractivity contribution in [1.29, 1.82) is 0 Å². The third kappa shape index (κ3) is 3.59. The first-order chi connectivity index (χ1) is 9.42. The fourth-order valence-corrected chi connectivity index (χ4v) is 2.28. The van der Waals surface area contributed by atoms with Crippen molar-refractivity contribution in [2.45, 2.75) is 47.1 Å². The molecule has 1 amide bonds. The minimum atomic E-state index is -0.997. The Balaban J connectivity index is 3.07. The number of amides is 1. The molecule has 0 spiro atoms. The summed E-state index contributed by atoms with van der Waals surface area (Å²) in [7, 11) is 0. The van der Waals surface area contributed by atoms with E-state index in [2.05, 4.69) is 5.10 Å². The Kier molecular flexibility index (Phi) is 5.73. The first kappa shape index (κ1) is 16.2. The number of rotatable bonds is 7. The smallest absolute Gasteiger partial charge is 0.323 e. The predicted molar refractivity (Wildman–Crippen MR) is 75.8 cm³/mol. The van der Waals surface area contributed by atoms with E-state index in [1.54, 1.807) is 6.92 Å². The molecule has 1 heterocycles. The van der Waals surface area contributed by atoms with E-state index >= 15 is 0 Å². The Morgan fingerprint density at radius 1 is 1.25 bits per heavy atom. The van der Waals surface area contributed by atoms with Crippen molar-refractivity contribution in [3.63, 3.8) is 0 Å². The van der Waals surface area contributed by atoms with Gasteiger partial charge in [-0.3, -0.25) is 14.3 Å². The SMILES string of the molecule is CCCN(CC(=O)O)C(=O)c1c(C)nn(CCC)c1C. The molecule has 0 saturated heterocycles. The number of carboxylic acids is 1. The topological polar surface area (TPSA) is 75.4 Å². The monoisotopic (exact) mass is 281 g/mol. The fraction of sp³-hybridized carbons (Fsp3) is 0.643. The van der Waals surface area contributed by atoms with Gasteiger partial charge in [-0.05, 0) is 26.7 Å². The summed E-state index contributed by atoms with van der Waals surface area (Å²) in [4.78, 5) is 24.8. The van der Waals surface area contributed by atoms with E-state index in [1.807, 2.05) is 25.5 Å². The average molecular weight is 281 g/mol. The second-order valence-electron chi connectivity index (χ2n) is 4.89. The van der Waals surface area contributed by atoms with Gasteiger partial charge < -0.3 is 10.0 Å². The van der Waals surface area contributed by atoms with Crippen molar-refractivity contribution >= 4 is 11.9 Å². The summed E-state index contributed by atoms with van der Waals surface area (Å²) in [6, 6.07) is 0. The molecule has 1 N–H and O–H groups in total. The highest BCUT2D eigenvalue weighted by atomic mass is 16.4. The van der Waals surface area contributed by atoms with Crippen LogP contribution in [0.25, 0.3) is 0 Å². The maximum Gasteiger partial charge on any atom is 0.323 e. The summed E-state index contributed by atoms with van der Waals surface area (Å²) < 4.78 is 1.81. The molecular weight excluding hydrogens is 258 g/mol. The van der Waals surface area contributed by atoms with Crippen molar-refractivity contribution in [2.24, 2.45) is 0 Å². The number of aryl methyl sites for hydroxylation is 2. The highest BCUT2D eigenvalue weighted by Gasteiger charge is 2.24. The van der Waals surface area contributed by atoms with E-state index in [4.69, 9.17) is 5.11 Å². The van der Waals surface area contributed by atoms with E-state index in [1.165, 1.54) is 4.90 Å². The molecule has 6 heteroatoms. The lowest BCUT2D eigenvalue weighted by atomic mass is 10.1. The van der Waals surface area contributed by atoms with Crippen LogP contribution in [0.5, 0.6) is 0 Å². The van der Waals surface area contributed by atoms with Crippen LogP contribution in [-0.4, -0.2) is 44.8 Å². The first-order valence-corrected chi connectivity index (χ1v) is 6.97. The quantitative estimate of drug-likeness (QED) is 0.827. The third-order valence-corrected chi connectivity index (χ3v) is 3.14. The number of hydrogen-bond acceptors (Lipinski definition) is 3. The fourth-order valence-electron chi connectivity index (χ4n) is 2.28. The van der Waals surface area contributed by atoms with E-state index in [-0.39, 0.29) is 12.5 Å². The average Bonchev–Trinajstić information content (AvgIpc) is 2.63. The lowest BCUT2D eigenvalue weighted by molar-refractivity contribution is -0.137. The van der Waals surface area contributed by atoms with Crippen molar-refractivity contribution < 1.29 is 14.7 Å². The number of hydrogen-bond donors (Lipinski definition) is 1. The molecule has 20 heavy (non-hydrogen) atoms. The van der Waals surface area contributed by atoms with Gasteiger partial charge in [0.05, 0.1) is 11.3 Å². The van der Waals surface area contributed by atoms with Crippen LogP contribution in [-0.2, 0) is 11.3 Å². The molecule has 0 aromatic carbocycles. The molecule has 112 valence electrons. The van der Waals surface area contributed by atoms with Crippen LogP contribution in [0.1, 0.15) is 48.4 Å². The molecule has 0 aliphatic rings. The number of nitrogens with zero attached hydrogens (tertiary/aromatic N) is 3. The molecule has 0 unspecified atom stereocenters. The van der Waals surface area contributed by atoms with Gasteiger partial charge in [0, 0.05) is 18.8 Å². The standard InChI is InChI=1S/C14H23N3O3/c1-5-7-16(9-12(18)19)14(20)13-10(3)15-17(8-6-2)11(13)4/h5-9H2,1-4H3,(H,18,19). The van der Waals surface area contributed by atoms with Gasteiger partial charge in [-0.1, -0.05) is 13.8 Å². The van der Waals surface area contributed by atoms with Gasteiger partial charge in [-0.15, -0.1) is 0 Å². The highest BCUT2D eigenvalue weighted by molar-refractivity contribution is 5.97. The molecule has 0 radical (unpaired) electrons. The van der Waals surface area contributed by atoms with Crippen LogP contribution in [0.2, 0.25) is 0 Å². The second kappa shape index (κ2) is 7.07.